The molecule has 8 nitrogen and oxygen atoms in total. The van der Waals surface area contributed by atoms with Crippen molar-refractivity contribution in [2.75, 3.05) is 14.2 Å². The Morgan fingerprint density at radius 2 is 1.84 bits per heavy atom. The number of benzene rings is 1. The second-order valence-electron chi connectivity index (χ2n) is 9.79. The Bertz CT molecular complexity index is 1050. The lowest BCUT2D eigenvalue weighted by atomic mass is 9.52. The average molecular weight is 460 g/mol. The van der Waals surface area contributed by atoms with E-state index in [9.17, 15) is 18.0 Å². The highest BCUT2D eigenvalue weighted by Crippen LogP contribution is 2.58. The fourth-order valence-electron chi connectivity index (χ4n) is 7.17. The SMILES string of the molecule is CNC(=O)N(C(=O)C1(c2ccccc2)CC1N=S(=O)=O)C1C2CC3CC(C2)C(OC)C1C3. The summed E-state index contributed by atoms with van der Waals surface area (Å²) in [6, 6.07) is 7.74. The summed E-state index contributed by atoms with van der Waals surface area (Å²) in [4.78, 5) is 28.8. The zero-order valence-electron chi connectivity index (χ0n) is 18.3. The molecule has 1 aromatic rings. The largest absolute Gasteiger partial charge is 0.381 e. The van der Waals surface area contributed by atoms with Gasteiger partial charge >= 0.3 is 16.5 Å². The van der Waals surface area contributed by atoms with Crippen LogP contribution in [0.15, 0.2) is 34.7 Å². The number of carbonyl (C=O) groups excluding carboxylic acids is 2. The highest BCUT2D eigenvalue weighted by atomic mass is 32.2. The lowest BCUT2D eigenvalue weighted by Crippen LogP contribution is -2.66. The fourth-order valence-corrected chi connectivity index (χ4v) is 7.63. The van der Waals surface area contributed by atoms with Crippen molar-refractivity contribution < 1.29 is 22.7 Å². The van der Waals surface area contributed by atoms with Crippen LogP contribution < -0.4 is 5.32 Å². The van der Waals surface area contributed by atoms with Gasteiger partial charge in [-0.25, -0.2) is 4.79 Å². The summed E-state index contributed by atoms with van der Waals surface area (Å²) >= 11 is 0. The molecular formula is C23H29N3O5S. The topological polar surface area (TPSA) is 105 Å². The van der Waals surface area contributed by atoms with E-state index in [1.54, 1.807) is 7.11 Å². The summed E-state index contributed by atoms with van der Waals surface area (Å²) in [5, 5.41) is 2.67. The van der Waals surface area contributed by atoms with Crippen molar-refractivity contribution in [3.05, 3.63) is 35.9 Å². The van der Waals surface area contributed by atoms with Crippen molar-refractivity contribution in [2.45, 2.75) is 55.7 Å². The minimum absolute atomic E-state index is 0.0364. The van der Waals surface area contributed by atoms with E-state index >= 15 is 0 Å². The average Bonchev–Trinajstić information content (AvgIpc) is 3.50. The summed E-state index contributed by atoms with van der Waals surface area (Å²) < 4.78 is 32.4. The highest BCUT2D eigenvalue weighted by molar-refractivity contribution is 7.61. The van der Waals surface area contributed by atoms with E-state index < -0.39 is 28.0 Å². The van der Waals surface area contributed by atoms with Crippen LogP contribution in [0.3, 0.4) is 0 Å². The van der Waals surface area contributed by atoms with E-state index in [0.29, 0.717) is 17.4 Å². The van der Waals surface area contributed by atoms with Gasteiger partial charge in [0.2, 0.25) is 5.91 Å². The molecule has 32 heavy (non-hydrogen) atoms. The highest BCUT2D eigenvalue weighted by Gasteiger charge is 2.66. The van der Waals surface area contributed by atoms with Gasteiger partial charge in [-0.2, -0.15) is 12.8 Å². The van der Waals surface area contributed by atoms with Gasteiger partial charge < -0.3 is 10.1 Å². The molecule has 0 spiro atoms. The quantitative estimate of drug-likeness (QED) is 0.728. The van der Waals surface area contributed by atoms with Crippen LogP contribution in [0.4, 0.5) is 4.79 Å². The number of urea groups is 1. The number of hydrogen-bond donors (Lipinski definition) is 1. The minimum Gasteiger partial charge on any atom is -0.381 e. The smallest absolute Gasteiger partial charge is 0.324 e. The van der Waals surface area contributed by atoms with E-state index in [1.807, 2.05) is 30.3 Å². The van der Waals surface area contributed by atoms with Gasteiger partial charge in [0.15, 0.2) is 0 Å². The molecule has 5 saturated carbocycles. The van der Waals surface area contributed by atoms with Gasteiger partial charge in [-0.3, -0.25) is 9.69 Å². The molecule has 0 aliphatic heterocycles. The number of ether oxygens (including phenoxy) is 1. The molecule has 0 saturated heterocycles. The van der Waals surface area contributed by atoms with Crippen molar-refractivity contribution in [3.63, 3.8) is 0 Å². The minimum atomic E-state index is -2.63. The van der Waals surface area contributed by atoms with E-state index in [0.717, 1.165) is 25.7 Å². The Kier molecular flexibility index (Phi) is 5.36. The molecule has 9 heteroatoms. The molecule has 3 amide bonds. The van der Waals surface area contributed by atoms with Gasteiger partial charge in [0.05, 0.1) is 12.1 Å². The van der Waals surface area contributed by atoms with E-state index in [4.69, 9.17) is 4.74 Å². The summed E-state index contributed by atoms with van der Waals surface area (Å²) in [6.45, 7) is 0. The van der Waals surface area contributed by atoms with Crippen LogP contribution in [0.25, 0.3) is 0 Å². The third kappa shape index (κ3) is 3.20. The van der Waals surface area contributed by atoms with Gasteiger partial charge in [-0.15, -0.1) is 0 Å². The Hall–Kier alpha value is -2.26. The standard InChI is InChI=1S/C23H29N3O5S/c1-24-22(28)26(19-14-8-13-9-15(11-14)20(31-2)17(19)10-13)21(27)23(12-18(23)25-32(29)30)16-6-4-3-5-7-16/h3-7,13-15,17-20H,8-12H2,1-2H3,(H,24,28). The van der Waals surface area contributed by atoms with Crippen molar-refractivity contribution in [3.8, 4) is 0 Å². The molecule has 6 rings (SSSR count). The zero-order chi connectivity index (χ0) is 22.6. The van der Waals surface area contributed by atoms with Gasteiger partial charge in [-0.1, -0.05) is 30.3 Å². The molecular weight excluding hydrogens is 430 g/mol. The second kappa shape index (κ2) is 7.95. The van der Waals surface area contributed by atoms with Crippen molar-refractivity contribution in [1.29, 1.82) is 0 Å². The van der Waals surface area contributed by atoms with Gasteiger partial charge in [0, 0.05) is 26.1 Å². The molecule has 0 radical (unpaired) electrons. The second-order valence-corrected chi connectivity index (χ2v) is 10.4. The van der Waals surface area contributed by atoms with Crippen molar-refractivity contribution in [2.24, 2.45) is 28.0 Å². The first kappa shape index (κ1) is 21.6. The first-order valence-corrected chi connectivity index (χ1v) is 12.4. The first-order chi connectivity index (χ1) is 15.4. The van der Waals surface area contributed by atoms with Crippen LogP contribution in [-0.2, 0) is 25.4 Å². The van der Waals surface area contributed by atoms with E-state index in [-0.39, 0.29) is 36.3 Å². The summed E-state index contributed by atoms with van der Waals surface area (Å²) in [6.07, 6.45) is 4.40. The van der Waals surface area contributed by atoms with Gasteiger partial charge in [0.25, 0.3) is 0 Å². The molecule has 172 valence electrons. The molecule has 0 heterocycles. The molecule has 5 aliphatic rings. The van der Waals surface area contributed by atoms with Crippen LogP contribution in [-0.4, -0.2) is 57.6 Å². The summed E-state index contributed by atoms with van der Waals surface area (Å²) in [5.41, 5.74) is -0.435. The predicted molar refractivity (Wildman–Crippen MR) is 116 cm³/mol. The number of rotatable bonds is 5. The summed E-state index contributed by atoms with van der Waals surface area (Å²) in [5.74, 6) is 1.11. The molecule has 8 atom stereocenters. The number of hydrogen-bond acceptors (Lipinski definition) is 6. The molecule has 1 aromatic carbocycles. The van der Waals surface area contributed by atoms with Crippen LogP contribution in [0.5, 0.6) is 0 Å². The number of amides is 3. The lowest BCUT2D eigenvalue weighted by molar-refractivity contribution is -0.161. The maximum absolute atomic E-state index is 14.2. The number of imide groups is 1. The van der Waals surface area contributed by atoms with Crippen molar-refractivity contribution in [1.82, 2.24) is 10.2 Å². The van der Waals surface area contributed by atoms with Gasteiger partial charge in [-0.05, 0) is 55.4 Å². The number of nitrogens with zero attached hydrogens (tertiary/aromatic N) is 2. The maximum Gasteiger partial charge on any atom is 0.324 e. The van der Waals surface area contributed by atoms with E-state index in [1.165, 1.54) is 11.9 Å². The molecule has 5 fully saturated rings. The zero-order valence-corrected chi connectivity index (χ0v) is 19.1. The van der Waals surface area contributed by atoms with E-state index in [2.05, 4.69) is 9.68 Å². The maximum atomic E-state index is 14.2. The monoisotopic (exact) mass is 459 g/mol. The number of carbonyl (C=O) groups is 2. The van der Waals surface area contributed by atoms with Gasteiger partial charge in [0.1, 0.15) is 5.41 Å². The van der Waals surface area contributed by atoms with Crippen LogP contribution >= 0.6 is 0 Å². The summed E-state index contributed by atoms with van der Waals surface area (Å²) in [7, 11) is 0.627. The molecule has 1 N–H and O–H groups in total. The lowest BCUT2D eigenvalue weighted by Gasteiger charge is -2.59. The third-order valence-corrected chi connectivity index (χ3v) is 8.75. The predicted octanol–water partition coefficient (Wildman–Crippen LogP) is 2.38. The van der Waals surface area contributed by atoms with Crippen molar-refractivity contribution >= 4 is 22.4 Å². The van der Waals surface area contributed by atoms with Crippen LogP contribution in [0.2, 0.25) is 0 Å². The first-order valence-electron chi connectivity index (χ1n) is 11.3. The molecule has 4 bridgehead atoms. The Balaban J connectivity index is 1.57. The normalized spacial score (nSPS) is 38.8. The molecule has 5 aliphatic carbocycles. The Labute approximate surface area is 189 Å². The number of nitrogens with one attached hydrogen (secondary N) is 1. The molecule has 0 aromatic heterocycles. The Morgan fingerprint density at radius 3 is 2.50 bits per heavy atom. The number of methoxy groups -OCH3 is 1. The molecule has 8 unspecified atom stereocenters. The van der Waals surface area contributed by atoms with Crippen LogP contribution in [0, 0.1) is 23.7 Å². The third-order valence-electron chi connectivity index (χ3n) is 8.32. The fraction of sp³-hybridized carbons (Fsp3) is 0.652. The Morgan fingerprint density at radius 1 is 1.12 bits per heavy atom. The van der Waals surface area contributed by atoms with Crippen LogP contribution in [0.1, 0.15) is 37.7 Å².